The number of anilines is 1. The van der Waals surface area contributed by atoms with Crippen LogP contribution in [0.1, 0.15) is 18.4 Å². The van der Waals surface area contributed by atoms with E-state index in [4.69, 9.17) is 0 Å². The van der Waals surface area contributed by atoms with Gasteiger partial charge in [-0.2, -0.15) is 0 Å². The predicted octanol–water partition coefficient (Wildman–Crippen LogP) is 2.01. The van der Waals surface area contributed by atoms with E-state index in [0.29, 0.717) is 40.2 Å². The minimum Gasteiger partial charge on any atom is -0.480 e. The Labute approximate surface area is 152 Å². The van der Waals surface area contributed by atoms with E-state index in [2.05, 4.69) is 15.3 Å². The first kappa shape index (κ1) is 16.5. The number of thioether (sulfide) groups is 1. The van der Waals surface area contributed by atoms with Gasteiger partial charge in [-0.05, 0) is 48.4 Å². The van der Waals surface area contributed by atoms with Gasteiger partial charge in [0.2, 0.25) is 0 Å². The minimum atomic E-state index is -0.870. The van der Waals surface area contributed by atoms with Gasteiger partial charge in [0, 0.05) is 11.9 Å². The topological polar surface area (TPSA) is 112 Å². The molecule has 2 amide bonds. The number of carbonyl (C=O) groups excluding carboxylic acids is 2. The highest BCUT2D eigenvalue weighted by molar-refractivity contribution is 8.18. The van der Waals surface area contributed by atoms with E-state index in [-0.39, 0.29) is 0 Å². The normalized spacial score (nSPS) is 21.6. The Morgan fingerprint density at radius 1 is 1.35 bits per heavy atom. The van der Waals surface area contributed by atoms with Crippen LogP contribution in [-0.2, 0) is 9.59 Å². The van der Waals surface area contributed by atoms with Crippen molar-refractivity contribution in [2.24, 2.45) is 0 Å². The number of hydrogen-bond acceptors (Lipinski definition) is 7. The van der Waals surface area contributed by atoms with Crippen LogP contribution >= 0.6 is 11.8 Å². The predicted molar refractivity (Wildman–Crippen MR) is 96.6 cm³/mol. The summed E-state index contributed by atoms with van der Waals surface area (Å²) in [5.41, 5.74) is 1.40. The molecule has 2 saturated heterocycles. The molecule has 0 bridgehead atoms. The van der Waals surface area contributed by atoms with Gasteiger partial charge >= 0.3 is 5.97 Å². The third kappa shape index (κ3) is 2.90. The summed E-state index contributed by atoms with van der Waals surface area (Å²) in [6.45, 7) is 0.612. The smallest absolute Gasteiger partial charge is 0.326 e. The monoisotopic (exact) mass is 370 g/mol. The molecule has 1 aromatic heterocycles. The van der Waals surface area contributed by atoms with Crippen LogP contribution < -0.4 is 10.2 Å². The molecule has 4 rings (SSSR count). The summed E-state index contributed by atoms with van der Waals surface area (Å²) in [5, 5.41) is 12.0. The molecule has 0 spiro atoms. The molecule has 0 saturated carbocycles. The number of imide groups is 1. The second kappa shape index (κ2) is 6.41. The van der Waals surface area contributed by atoms with Crippen LogP contribution in [0.25, 0.3) is 17.0 Å². The van der Waals surface area contributed by atoms with Gasteiger partial charge in [-0.15, -0.1) is 0 Å². The molecule has 2 aromatic rings. The van der Waals surface area contributed by atoms with Gasteiger partial charge in [0.25, 0.3) is 11.1 Å². The van der Waals surface area contributed by atoms with E-state index in [9.17, 15) is 19.5 Å². The van der Waals surface area contributed by atoms with Crippen LogP contribution in [0.5, 0.6) is 0 Å². The quantitative estimate of drug-likeness (QED) is 0.789. The zero-order valence-electron chi connectivity index (χ0n) is 13.5. The Bertz CT molecular complexity index is 974. The van der Waals surface area contributed by atoms with Crippen molar-refractivity contribution in [3.63, 3.8) is 0 Å². The summed E-state index contributed by atoms with van der Waals surface area (Å²) >= 11 is 0.850. The number of aliphatic carboxylic acids is 1. The standard InChI is InChI=1S/C17H14N4O4S/c22-15-13(26-17(25)20-15)7-9-3-4-11-10(6-9)14(19-8-18-11)21-5-1-2-12(21)16(23)24/h3-4,6-8,12H,1-2,5H2,(H,23,24)(H,20,22,25)/b13-7+/t12-/m0/s1. The SMILES string of the molecule is O=C1NC(=O)/C(=C\c2ccc3ncnc(N4CCC[C@H]4C(=O)O)c3c2)S1. The number of nitrogens with zero attached hydrogens (tertiary/aromatic N) is 3. The third-order valence-corrected chi connectivity index (χ3v) is 5.20. The maximum atomic E-state index is 11.7. The first-order chi connectivity index (χ1) is 12.5. The van der Waals surface area contributed by atoms with Crippen molar-refractivity contribution in [2.45, 2.75) is 18.9 Å². The van der Waals surface area contributed by atoms with E-state index in [0.717, 1.165) is 18.2 Å². The van der Waals surface area contributed by atoms with E-state index in [1.807, 2.05) is 6.07 Å². The molecule has 0 unspecified atom stereocenters. The lowest BCUT2D eigenvalue weighted by Gasteiger charge is -2.23. The first-order valence-corrected chi connectivity index (χ1v) is 8.83. The van der Waals surface area contributed by atoms with E-state index < -0.39 is 23.2 Å². The summed E-state index contributed by atoms with van der Waals surface area (Å²) in [7, 11) is 0. The van der Waals surface area contributed by atoms with Crippen molar-refractivity contribution in [1.82, 2.24) is 15.3 Å². The van der Waals surface area contributed by atoms with Crippen LogP contribution in [0, 0.1) is 0 Å². The van der Waals surface area contributed by atoms with E-state index in [1.54, 1.807) is 23.1 Å². The van der Waals surface area contributed by atoms with Gasteiger partial charge in [0.05, 0.1) is 10.4 Å². The van der Waals surface area contributed by atoms with Crippen LogP contribution in [0.15, 0.2) is 29.4 Å². The summed E-state index contributed by atoms with van der Waals surface area (Å²) < 4.78 is 0. The van der Waals surface area contributed by atoms with Gasteiger partial charge in [-0.25, -0.2) is 14.8 Å². The highest BCUT2D eigenvalue weighted by atomic mass is 32.2. The van der Waals surface area contributed by atoms with Crippen molar-refractivity contribution in [3.05, 3.63) is 35.0 Å². The van der Waals surface area contributed by atoms with Crippen molar-refractivity contribution < 1.29 is 19.5 Å². The molecule has 9 heteroatoms. The molecule has 3 heterocycles. The molecule has 1 aromatic carbocycles. The Kier molecular flexibility index (Phi) is 4.08. The molecule has 2 aliphatic rings. The van der Waals surface area contributed by atoms with E-state index >= 15 is 0 Å². The average molecular weight is 370 g/mol. The van der Waals surface area contributed by atoms with Gasteiger partial charge < -0.3 is 10.0 Å². The fraction of sp³-hybridized carbons (Fsp3) is 0.235. The fourth-order valence-corrected chi connectivity index (χ4v) is 3.91. The molecule has 2 fully saturated rings. The molecule has 2 aliphatic heterocycles. The van der Waals surface area contributed by atoms with Gasteiger partial charge in [-0.3, -0.25) is 14.9 Å². The number of carboxylic acids is 1. The molecule has 132 valence electrons. The third-order valence-electron chi connectivity index (χ3n) is 4.39. The number of nitrogens with one attached hydrogen (secondary N) is 1. The zero-order valence-corrected chi connectivity index (χ0v) is 14.3. The summed E-state index contributed by atoms with van der Waals surface area (Å²) in [5.74, 6) is -0.722. The number of rotatable bonds is 3. The van der Waals surface area contributed by atoms with Gasteiger partial charge in [-0.1, -0.05) is 6.07 Å². The Balaban J connectivity index is 1.78. The largest absolute Gasteiger partial charge is 0.480 e. The second-order valence-electron chi connectivity index (χ2n) is 6.02. The molecule has 1 atom stereocenters. The number of amides is 2. The van der Waals surface area contributed by atoms with Crippen LogP contribution in [-0.4, -0.2) is 44.8 Å². The number of aromatic nitrogens is 2. The fourth-order valence-electron chi connectivity index (χ4n) is 3.23. The van der Waals surface area contributed by atoms with Crippen molar-refractivity contribution >= 4 is 51.7 Å². The van der Waals surface area contributed by atoms with Crippen LogP contribution in [0.3, 0.4) is 0 Å². The molecular formula is C17H14N4O4S. The van der Waals surface area contributed by atoms with Crippen LogP contribution in [0.4, 0.5) is 10.6 Å². The first-order valence-electron chi connectivity index (χ1n) is 8.02. The van der Waals surface area contributed by atoms with Crippen LogP contribution in [0.2, 0.25) is 0 Å². The number of benzene rings is 1. The number of fused-ring (bicyclic) bond motifs is 1. The number of hydrogen-bond donors (Lipinski definition) is 2. The summed E-state index contributed by atoms with van der Waals surface area (Å²) in [6.07, 6.45) is 4.40. The highest BCUT2D eigenvalue weighted by Crippen LogP contribution is 2.32. The van der Waals surface area contributed by atoms with E-state index in [1.165, 1.54) is 6.33 Å². The lowest BCUT2D eigenvalue weighted by molar-refractivity contribution is -0.138. The lowest BCUT2D eigenvalue weighted by Crippen LogP contribution is -2.36. The molecule has 0 aliphatic carbocycles. The average Bonchev–Trinajstić information content (AvgIpc) is 3.21. The van der Waals surface area contributed by atoms with Gasteiger partial charge in [0.1, 0.15) is 18.2 Å². The number of carboxylic acid groups (broad SMARTS) is 1. The maximum Gasteiger partial charge on any atom is 0.326 e. The second-order valence-corrected chi connectivity index (χ2v) is 7.03. The molecule has 26 heavy (non-hydrogen) atoms. The lowest BCUT2D eigenvalue weighted by atomic mass is 10.1. The molecule has 8 nitrogen and oxygen atoms in total. The molecule has 2 N–H and O–H groups in total. The highest BCUT2D eigenvalue weighted by Gasteiger charge is 2.32. The number of carbonyl (C=O) groups is 3. The van der Waals surface area contributed by atoms with Crippen molar-refractivity contribution in [1.29, 1.82) is 0 Å². The summed E-state index contributed by atoms with van der Waals surface area (Å²) in [6, 6.07) is 4.79. The Morgan fingerprint density at radius 2 is 2.19 bits per heavy atom. The minimum absolute atomic E-state index is 0.317. The molecular weight excluding hydrogens is 356 g/mol. The summed E-state index contributed by atoms with van der Waals surface area (Å²) in [4.78, 5) is 45.2. The van der Waals surface area contributed by atoms with Gasteiger partial charge in [0.15, 0.2) is 0 Å². The van der Waals surface area contributed by atoms with Crippen molar-refractivity contribution in [3.8, 4) is 0 Å². The van der Waals surface area contributed by atoms with Crippen molar-refractivity contribution in [2.75, 3.05) is 11.4 Å². The maximum absolute atomic E-state index is 11.7. The zero-order chi connectivity index (χ0) is 18.3. The Hall–Kier alpha value is -2.94. The Morgan fingerprint density at radius 3 is 2.92 bits per heavy atom. The molecule has 0 radical (unpaired) electrons.